The maximum atomic E-state index is 11.2. The van der Waals surface area contributed by atoms with Gasteiger partial charge in [0.2, 0.25) is 5.91 Å². The number of hydrogen-bond donors (Lipinski definition) is 3. The molecule has 22 heavy (non-hydrogen) atoms. The van der Waals surface area contributed by atoms with Crippen molar-refractivity contribution in [3.8, 4) is 0 Å². The molecule has 1 atom stereocenters. The Hall–Kier alpha value is -2.33. The van der Waals surface area contributed by atoms with Crippen LogP contribution in [0.1, 0.15) is 18.9 Å². The number of aryl methyl sites for hydroxylation is 1. The molecule has 0 aliphatic carbocycles. The first-order chi connectivity index (χ1) is 10.7. The first kappa shape index (κ1) is 16.0. The van der Waals surface area contributed by atoms with Crippen molar-refractivity contribution in [1.29, 1.82) is 0 Å². The highest BCUT2D eigenvalue weighted by Crippen LogP contribution is 2.17. The van der Waals surface area contributed by atoms with Gasteiger partial charge in [0.05, 0.1) is 0 Å². The van der Waals surface area contributed by atoms with Crippen molar-refractivity contribution >= 4 is 17.3 Å². The van der Waals surface area contributed by atoms with Crippen LogP contribution >= 0.6 is 0 Å². The highest BCUT2D eigenvalue weighted by Gasteiger charge is 2.05. The van der Waals surface area contributed by atoms with E-state index in [-0.39, 0.29) is 0 Å². The number of anilines is 2. The predicted molar refractivity (Wildman–Crippen MR) is 90.0 cm³/mol. The third-order valence-corrected chi connectivity index (χ3v) is 3.41. The van der Waals surface area contributed by atoms with E-state index in [9.17, 15) is 4.79 Å². The maximum absolute atomic E-state index is 11.2. The van der Waals surface area contributed by atoms with Gasteiger partial charge in [0.25, 0.3) is 0 Å². The third kappa shape index (κ3) is 5.22. The van der Waals surface area contributed by atoms with Crippen LogP contribution in [0.3, 0.4) is 0 Å². The Kier molecular flexibility index (Phi) is 5.98. The second-order valence-electron chi connectivity index (χ2n) is 5.36. The summed E-state index contributed by atoms with van der Waals surface area (Å²) >= 11 is 0. The van der Waals surface area contributed by atoms with Gasteiger partial charge in [0.15, 0.2) is 0 Å². The van der Waals surface area contributed by atoms with E-state index in [1.54, 1.807) is 6.07 Å². The monoisotopic (exact) mass is 298 g/mol. The minimum Gasteiger partial charge on any atom is -0.387 e. The first-order valence-electron chi connectivity index (χ1n) is 7.48. The topological polar surface area (TPSA) is 61.4 Å². The van der Waals surface area contributed by atoms with Crippen LogP contribution in [0.4, 0.5) is 11.4 Å². The lowest BCUT2D eigenvalue weighted by Gasteiger charge is -2.16. The van der Waals surface area contributed by atoms with Gasteiger partial charge < -0.3 is 15.7 Å². The summed E-state index contributed by atoms with van der Waals surface area (Å²) in [6.45, 7) is 1.63. The van der Waals surface area contributed by atoms with E-state index < -0.39 is 12.5 Å². The lowest BCUT2D eigenvalue weighted by molar-refractivity contribution is -0.118. The van der Waals surface area contributed by atoms with Crippen LogP contribution in [0.2, 0.25) is 0 Å². The molecule has 0 radical (unpaired) electrons. The van der Waals surface area contributed by atoms with Gasteiger partial charge in [0.1, 0.15) is 6.61 Å². The summed E-state index contributed by atoms with van der Waals surface area (Å²) in [7, 11) is 0. The molecule has 2 aromatic carbocycles. The van der Waals surface area contributed by atoms with Crippen LogP contribution < -0.4 is 10.6 Å². The Balaban J connectivity index is 1.87. The van der Waals surface area contributed by atoms with Crippen molar-refractivity contribution in [1.82, 2.24) is 0 Å². The summed E-state index contributed by atoms with van der Waals surface area (Å²) in [6.07, 6.45) is 2.05. The zero-order valence-electron chi connectivity index (χ0n) is 12.8. The van der Waals surface area contributed by atoms with Crippen molar-refractivity contribution in [3.63, 3.8) is 0 Å². The van der Waals surface area contributed by atoms with Crippen LogP contribution in [0.5, 0.6) is 0 Å². The van der Waals surface area contributed by atoms with E-state index in [1.165, 1.54) is 5.56 Å². The normalized spacial score (nSPS) is 11.7. The van der Waals surface area contributed by atoms with Crippen LogP contribution in [-0.4, -0.2) is 23.7 Å². The van der Waals surface area contributed by atoms with Crippen molar-refractivity contribution in [2.75, 3.05) is 17.2 Å². The second kappa shape index (κ2) is 8.20. The zero-order valence-corrected chi connectivity index (χ0v) is 12.8. The molecular weight excluding hydrogens is 276 g/mol. The van der Waals surface area contributed by atoms with E-state index in [0.717, 1.165) is 18.5 Å². The van der Waals surface area contributed by atoms with E-state index in [1.807, 2.05) is 24.3 Å². The van der Waals surface area contributed by atoms with Crippen molar-refractivity contribution in [2.24, 2.45) is 0 Å². The Morgan fingerprint density at radius 3 is 2.55 bits per heavy atom. The number of carbonyl (C=O) groups excluding carboxylic acids is 1. The Bertz CT molecular complexity index is 599. The van der Waals surface area contributed by atoms with Gasteiger partial charge in [-0.15, -0.1) is 0 Å². The summed E-state index contributed by atoms with van der Waals surface area (Å²) in [5.41, 5.74) is 2.97. The number of nitrogens with one attached hydrogen (secondary N) is 2. The van der Waals surface area contributed by atoms with E-state index in [0.29, 0.717) is 11.7 Å². The predicted octanol–water partition coefficient (Wildman–Crippen LogP) is 3.05. The number of carbonyl (C=O) groups is 1. The Morgan fingerprint density at radius 1 is 1.09 bits per heavy atom. The lowest BCUT2D eigenvalue weighted by atomic mass is 10.1. The SMILES string of the molecule is CC(CCc1ccccc1)Nc1cccc(NC(=O)CO)c1. The minimum absolute atomic E-state index is 0.323. The summed E-state index contributed by atoms with van der Waals surface area (Å²) < 4.78 is 0. The third-order valence-electron chi connectivity index (χ3n) is 3.41. The van der Waals surface area contributed by atoms with Crippen molar-refractivity contribution < 1.29 is 9.90 Å². The van der Waals surface area contributed by atoms with E-state index in [2.05, 4.69) is 41.8 Å². The molecular formula is C18H22N2O2. The Labute approximate surface area is 131 Å². The molecule has 2 aromatic rings. The molecule has 3 N–H and O–H groups in total. The van der Waals surface area contributed by atoms with Crippen molar-refractivity contribution in [2.45, 2.75) is 25.8 Å². The molecule has 4 nitrogen and oxygen atoms in total. The van der Waals surface area contributed by atoms with Crippen LogP contribution in [0, 0.1) is 0 Å². The fourth-order valence-electron chi connectivity index (χ4n) is 2.27. The number of benzene rings is 2. The number of hydrogen-bond acceptors (Lipinski definition) is 3. The van der Waals surface area contributed by atoms with Gasteiger partial charge in [-0.05, 0) is 43.5 Å². The molecule has 0 bridgehead atoms. The van der Waals surface area contributed by atoms with Gasteiger partial charge in [-0.3, -0.25) is 4.79 Å². The average molecular weight is 298 g/mol. The summed E-state index contributed by atoms with van der Waals surface area (Å²) in [4.78, 5) is 11.2. The van der Waals surface area contributed by atoms with Crippen LogP contribution in [-0.2, 0) is 11.2 Å². The molecule has 0 aliphatic heterocycles. The second-order valence-corrected chi connectivity index (χ2v) is 5.36. The van der Waals surface area contributed by atoms with Crippen molar-refractivity contribution in [3.05, 3.63) is 60.2 Å². The summed E-state index contributed by atoms with van der Waals surface area (Å²) in [5, 5.41) is 14.8. The quantitative estimate of drug-likeness (QED) is 0.736. The minimum atomic E-state index is -0.509. The lowest BCUT2D eigenvalue weighted by Crippen LogP contribution is -2.17. The highest BCUT2D eigenvalue weighted by molar-refractivity contribution is 5.91. The molecule has 1 amide bonds. The molecule has 1 unspecified atom stereocenters. The van der Waals surface area contributed by atoms with Gasteiger partial charge in [-0.1, -0.05) is 36.4 Å². The molecule has 2 rings (SSSR count). The summed E-state index contributed by atoms with van der Waals surface area (Å²) in [5.74, 6) is -0.408. The smallest absolute Gasteiger partial charge is 0.250 e. The molecule has 0 saturated heterocycles. The largest absolute Gasteiger partial charge is 0.387 e. The first-order valence-corrected chi connectivity index (χ1v) is 7.48. The fraction of sp³-hybridized carbons (Fsp3) is 0.278. The number of aliphatic hydroxyl groups excluding tert-OH is 1. The number of amides is 1. The van der Waals surface area contributed by atoms with E-state index in [4.69, 9.17) is 5.11 Å². The van der Waals surface area contributed by atoms with E-state index >= 15 is 0 Å². The molecule has 0 spiro atoms. The highest BCUT2D eigenvalue weighted by atomic mass is 16.3. The molecule has 0 fully saturated rings. The van der Waals surface area contributed by atoms with Gasteiger partial charge in [-0.2, -0.15) is 0 Å². The molecule has 0 saturated carbocycles. The average Bonchev–Trinajstić information content (AvgIpc) is 2.54. The van der Waals surface area contributed by atoms with Gasteiger partial charge in [-0.25, -0.2) is 0 Å². The number of rotatable bonds is 7. The maximum Gasteiger partial charge on any atom is 0.250 e. The zero-order chi connectivity index (χ0) is 15.8. The molecule has 0 heterocycles. The van der Waals surface area contributed by atoms with Gasteiger partial charge in [0, 0.05) is 17.4 Å². The molecule has 0 aliphatic rings. The summed E-state index contributed by atoms with van der Waals surface area (Å²) in [6, 6.07) is 18.2. The molecule has 4 heteroatoms. The van der Waals surface area contributed by atoms with Crippen LogP contribution in [0.15, 0.2) is 54.6 Å². The standard InChI is InChI=1S/C18H22N2O2/c1-14(10-11-15-6-3-2-4-7-15)19-16-8-5-9-17(12-16)20-18(22)13-21/h2-9,12,14,19,21H,10-11,13H2,1H3,(H,20,22). The Morgan fingerprint density at radius 2 is 1.82 bits per heavy atom. The number of aliphatic hydroxyl groups is 1. The molecule has 0 aromatic heterocycles. The fourth-order valence-corrected chi connectivity index (χ4v) is 2.27. The van der Waals surface area contributed by atoms with Gasteiger partial charge >= 0.3 is 0 Å². The van der Waals surface area contributed by atoms with Crippen LogP contribution in [0.25, 0.3) is 0 Å². The molecule has 116 valence electrons.